The smallest absolute Gasteiger partial charge is 0.188 e. The molecule has 3 aromatic rings. The Hall–Kier alpha value is -1.96. The molecular formula is C20H21BrN4OS. The van der Waals surface area contributed by atoms with Gasteiger partial charge in [0.2, 0.25) is 0 Å². The first-order chi connectivity index (χ1) is 13.2. The first-order valence-corrected chi connectivity index (χ1v) is 10.6. The molecule has 0 saturated carbocycles. The maximum absolute atomic E-state index is 6.01. The molecule has 1 aromatic carbocycles. The normalized spacial score (nSPS) is 15.6. The number of hydrogen-bond donors (Lipinski definition) is 1. The number of nitrogens with one attached hydrogen (secondary N) is 1. The van der Waals surface area contributed by atoms with Crippen molar-refractivity contribution in [1.29, 1.82) is 0 Å². The molecule has 0 aliphatic carbocycles. The third kappa shape index (κ3) is 4.66. The number of anilines is 2. The Morgan fingerprint density at radius 3 is 2.78 bits per heavy atom. The van der Waals surface area contributed by atoms with Crippen LogP contribution in [0.25, 0.3) is 0 Å². The fraction of sp³-hybridized carbons (Fsp3) is 0.300. The van der Waals surface area contributed by atoms with Crippen LogP contribution in [0.3, 0.4) is 0 Å². The summed E-state index contributed by atoms with van der Waals surface area (Å²) in [5.74, 6) is 2.63. The predicted octanol–water partition coefficient (Wildman–Crippen LogP) is 5.65. The zero-order valence-electron chi connectivity index (χ0n) is 15.1. The van der Waals surface area contributed by atoms with Crippen LogP contribution >= 0.6 is 27.3 Å². The summed E-state index contributed by atoms with van der Waals surface area (Å²) in [4.78, 5) is 11.7. The monoisotopic (exact) mass is 444 g/mol. The molecule has 0 unspecified atom stereocenters. The summed E-state index contributed by atoms with van der Waals surface area (Å²) in [6, 6.07) is 11.6. The van der Waals surface area contributed by atoms with Gasteiger partial charge in [0.1, 0.15) is 5.75 Å². The van der Waals surface area contributed by atoms with Crippen molar-refractivity contribution in [2.45, 2.75) is 18.8 Å². The molecule has 4 rings (SSSR count). The molecule has 0 spiro atoms. The minimum Gasteiger partial charge on any atom is -0.453 e. The summed E-state index contributed by atoms with van der Waals surface area (Å²) in [5, 5.41) is 6.33. The van der Waals surface area contributed by atoms with Gasteiger partial charge in [0.25, 0.3) is 0 Å². The summed E-state index contributed by atoms with van der Waals surface area (Å²) < 4.78 is 6.88. The second-order valence-corrected chi connectivity index (χ2v) is 8.47. The number of rotatable bonds is 5. The number of aromatic nitrogens is 2. The molecule has 0 atom stereocenters. The fourth-order valence-corrected chi connectivity index (χ4v) is 4.25. The Kier molecular flexibility index (Phi) is 5.71. The minimum atomic E-state index is 0.547. The highest BCUT2D eigenvalue weighted by atomic mass is 79.9. The highest BCUT2D eigenvalue weighted by Crippen LogP contribution is 2.35. The third-order valence-electron chi connectivity index (χ3n) is 4.67. The minimum absolute atomic E-state index is 0.547. The number of thiazole rings is 1. The van der Waals surface area contributed by atoms with Crippen molar-refractivity contribution in [2.24, 2.45) is 0 Å². The second-order valence-electron chi connectivity index (χ2n) is 6.70. The Morgan fingerprint density at radius 1 is 1.22 bits per heavy atom. The lowest BCUT2D eigenvalue weighted by atomic mass is 9.95. The SMILES string of the molecule is CN1CCC(c2csc(Nc3ncc(Br)cc3Oc3ccccc3)n2)CC1. The molecule has 1 saturated heterocycles. The molecule has 140 valence electrons. The van der Waals surface area contributed by atoms with Gasteiger partial charge < -0.3 is 15.0 Å². The molecule has 1 aliphatic rings. The first kappa shape index (κ1) is 18.4. The van der Waals surface area contributed by atoms with Crippen LogP contribution in [0.4, 0.5) is 10.9 Å². The number of halogens is 1. The standard InChI is InChI=1S/C20H21BrN4OS/c1-25-9-7-14(8-10-25)17-13-27-20(23-17)24-19-18(11-15(21)12-22-19)26-16-5-3-2-4-6-16/h2-6,11-14H,7-10H2,1H3,(H,22,23,24). The Labute approximate surface area is 171 Å². The van der Waals surface area contributed by atoms with E-state index >= 15 is 0 Å². The van der Waals surface area contributed by atoms with E-state index < -0.39 is 0 Å². The van der Waals surface area contributed by atoms with Gasteiger partial charge in [-0.3, -0.25) is 0 Å². The number of nitrogens with zero attached hydrogens (tertiary/aromatic N) is 3. The Balaban J connectivity index is 1.51. The van der Waals surface area contributed by atoms with Crippen LogP contribution in [0.5, 0.6) is 11.5 Å². The number of ether oxygens (including phenoxy) is 1. The van der Waals surface area contributed by atoms with Crippen molar-refractivity contribution in [3.8, 4) is 11.5 Å². The molecule has 1 fully saturated rings. The van der Waals surface area contributed by atoms with E-state index in [9.17, 15) is 0 Å². The second kappa shape index (κ2) is 8.37. The van der Waals surface area contributed by atoms with Crippen LogP contribution in [0.15, 0.2) is 52.4 Å². The van der Waals surface area contributed by atoms with Crippen LogP contribution in [0, 0.1) is 0 Å². The molecule has 3 heterocycles. The van der Waals surface area contributed by atoms with Crippen molar-refractivity contribution in [2.75, 3.05) is 25.5 Å². The van der Waals surface area contributed by atoms with Crippen molar-refractivity contribution in [1.82, 2.24) is 14.9 Å². The molecule has 0 bridgehead atoms. The lowest BCUT2D eigenvalue weighted by molar-refractivity contribution is 0.254. The van der Waals surface area contributed by atoms with Crippen molar-refractivity contribution >= 4 is 38.2 Å². The van der Waals surface area contributed by atoms with Gasteiger partial charge in [0.05, 0.1) is 5.69 Å². The van der Waals surface area contributed by atoms with E-state index in [1.807, 2.05) is 36.4 Å². The molecule has 7 heteroatoms. The molecule has 0 radical (unpaired) electrons. The zero-order valence-corrected chi connectivity index (χ0v) is 17.5. The van der Waals surface area contributed by atoms with Crippen molar-refractivity contribution in [3.05, 3.63) is 58.1 Å². The van der Waals surface area contributed by atoms with Gasteiger partial charge in [0.15, 0.2) is 16.7 Å². The van der Waals surface area contributed by atoms with E-state index in [2.05, 4.69) is 43.6 Å². The van der Waals surface area contributed by atoms with E-state index in [1.165, 1.54) is 18.5 Å². The summed E-state index contributed by atoms with van der Waals surface area (Å²) in [7, 11) is 2.18. The quantitative estimate of drug-likeness (QED) is 0.551. The van der Waals surface area contributed by atoms with Crippen LogP contribution in [-0.4, -0.2) is 35.0 Å². The predicted molar refractivity (Wildman–Crippen MR) is 113 cm³/mol. The summed E-state index contributed by atoms with van der Waals surface area (Å²) in [6.07, 6.45) is 4.09. The lowest BCUT2D eigenvalue weighted by Gasteiger charge is -2.27. The Bertz CT molecular complexity index is 894. The number of likely N-dealkylation sites (tertiary alicyclic amines) is 1. The van der Waals surface area contributed by atoms with Gasteiger partial charge in [-0.25, -0.2) is 9.97 Å². The molecule has 5 nitrogen and oxygen atoms in total. The van der Waals surface area contributed by atoms with Crippen LogP contribution in [-0.2, 0) is 0 Å². The van der Waals surface area contributed by atoms with Gasteiger partial charge in [-0.05, 0) is 61.0 Å². The van der Waals surface area contributed by atoms with Crippen molar-refractivity contribution in [3.63, 3.8) is 0 Å². The molecule has 0 amide bonds. The number of benzene rings is 1. The number of pyridine rings is 1. The van der Waals surface area contributed by atoms with Crippen molar-refractivity contribution < 1.29 is 4.74 Å². The topological polar surface area (TPSA) is 50.3 Å². The summed E-state index contributed by atoms with van der Waals surface area (Å²) in [5.41, 5.74) is 1.18. The van der Waals surface area contributed by atoms with Crippen LogP contribution < -0.4 is 10.1 Å². The van der Waals surface area contributed by atoms with Gasteiger partial charge >= 0.3 is 0 Å². The zero-order chi connectivity index (χ0) is 18.6. The average Bonchev–Trinajstić information content (AvgIpc) is 3.14. The maximum Gasteiger partial charge on any atom is 0.188 e. The summed E-state index contributed by atoms with van der Waals surface area (Å²) in [6.45, 7) is 2.27. The van der Waals surface area contributed by atoms with E-state index in [0.717, 1.165) is 28.4 Å². The molecular weight excluding hydrogens is 424 g/mol. The van der Waals surface area contributed by atoms with E-state index in [4.69, 9.17) is 9.72 Å². The van der Waals surface area contributed by atoms with E-state index in [1.54, 1.807) is 17.5 Å². The number of para-hydroxylation sites is 1. The average molecular weight is 445 g/mol. The third-order valence-corrected chi connectivity index (χ3v) is 5.88. The highest BCUT2D eigenvalue weighted by molar-refractivity contribution is 9.10. The first-order valence-electron chi connectivity index (χ1n) is 8.97. The molecule has 27 heavy (non-hydrogen) atoms. The number of piperidine rings is 1. The van der Waals surface area contributed by atoms with Gasteiger partial charge in [-0.2, -0.15) is 0 Å². The fourth-order valence-electron chi connectivity index (χ4n) is 3.14. The molecule has 1 N–H and O–H groups in total. The lowest BCUT2D eigenvalue weighted by Crippen LogP contribution is -2.29. The molecule has 1 aliphatic heterocycles. The van der Waals surface area contributed by atoms with E-state index in [0.29, 0.717) is 17.5 Å². The molecule has 2 aromatic heterocycles. The van der Waals surface area contributed by atoms with Gasteiger partial charge in [-0.1, -0.05) is 18.2 Å². The Morgan fingerprint density at radius 2 is 2.00 bits per heavy atom. The highest BCUT2D eigenvalue weighted by Gasteiger charge is 2.21. The largest absolute Gasteiger partial charge is 0.453 e. The summed E-state index contributed by atoms with van der Waals surface area (Å²) >= 11 is 5.08. The van der Waals surface area contributed by atoms with Gasteiger partial charge in [0, 0.05) is 28.0 Å². The van der Waals surface area contributed by atoms with Crippen LogP contribution in [0.2, 0.25) is 0 Å². The van der Waals surface area contributed by atoms with Crippen LogP contribution in [0.1, 0.15) is 24.5 Å². The van der Waals surface area contributed by atoms with E-state index in [-0.39, 0.29) is 0 Å². The maximum atomic E-state index is 6.01. The number of hydrogen-bond acceptors (Lipinski definition) is 6. The van der Waals surface area contributed by atoms with Gasteiger partial charge in [-0.15, -0.1) is 11.3 Å².